The molecule has 0 saturated carbocycles. The highest BCUT2D eigenvalue weighted by atomic mass is 16.3. The maximum atomic E-state index is 6.49. The van der Waals surface area contributed by atoms with Crippen molar-refractivity contribution in [2.24, 2.45) is 0 Å². The Morgan fingerprint density at radius 3 is 1.54 bits per heavy atom. The Kier molecular flexibility index (Phi) is 7.96. The van der Waals surface area contributed by atoms with Gasteiger partial charge in [0.2, 0.25) is 0 Å². The van der Waals surface area contributed by atoms with Crippen LogP contribution in [-0.4, -0.2) is 6.04 Å². The average molecular weight is 732 g/mol. The third-order valence-corrected chi connectivity index (χ3v) is 11.4. The standard InChI is InChI=1S/C54H37NO2/c1-2-11-36(12-3-1)37-23-25-38(26-24-37)39-27-31-42(32-28-39)55(43-33-29-40(30-34-43)45-17-9-19-49-47-15-4-6-21-51(47)56-53(45)49)44-14-8-13-41(35-44)46-18-10-20-50-48-16-5-7-22-52(48)57-54(46)50/h1-33,35,43H,34H2. The van der Waals surface area contributed by atoms with Gasteiger partial charge in [-0.2, -0.15) is 0 Å². The number of anilines is 2. The van der Waals surface area contributed by atoms with Gasteiger partial charge in [-0.05, 0) is 76.2 Å². The van der Waals surface area contributed by atoms with Crippen molar-refractivity contribution in [3.63, 3.8) is 0 Å². The van der Waals surface area contributed by atoms with Crippen LogP contribution in [0.3, 0.4) is 0 Å². The fourth-order valence-corrected chi connectivity index (χ4v) is 8.60. The Morgan fingerprint density at radius 2 is 0.912 bits per heavy atom. The average Bonchev–Trinajstić information content (AvgIpc) is 3.86. The van der Waals surface area contributed by atoms with Crippen molar-refractivity contribution in [2.45, 2.75) is 12.5 Å². The lowest BCUT2D eigenvalue weighted by Crippen LogP contribution is -2.30. The van der Waals surface area contributed by atoms with Crippen LogP contribution in [0.4, 0.5) is 11.4 Å². The van der Waals surface area contributed by atoms with Crippen LogP contribution in [-0.2, 0) is 0 Å². The van der Waals surface area contributed by atoms with Gasteiger partial charge in [-0.25, -0.2) is 0 Å². The Labute approximate surface area is 331 Å². The van der Waals surface area contributed by atoms with Crippen LogP contribution in [0.1, 0.15) is 12.0 Å². The molecule has 1 unspecified atom stereocenters. The first-order chi connectivity index (χ1) is 28.2. The Bertz CT molecular complexity index is 3150. The molecule has 0 saturated heterocycles. The van der Waals surface area contributed by atoms with Gasteiger partial charge in [-0.3, -0.25) is 0 Å². The van der Waals surface area contributed by atoms with Crippen LogP contribution >= 0.6 is 0 Å². The summed E-state index contributed by atoms with van der Waals surface area (Å²) < 4.78 is 12.9. The van der Waals surface area contributed by atoms with E-state index in [1.807, 2.05) is 24.3 Å². The maximum absolute atomic E-state index is 6.49. The van der Waals surface area contributed by atoms with Crippen LogP contribution in [0.25, 0.3) is 82.8 Å². The molecule has 1 atom stereocenters. The molecule has 0 bridgehead atoms. The third kappa shape index (κ3) is 5.84. The first-order valence-electron chi connectivity index (χ1n) is 19.6. The number of fused-ring (bicyclic) bond motifs is 6. The lowest BCUT2D eigenvalue weighted by atomic mass is 9.94. The highest BCUT2D eigenvalue weighted by molar-refractivity contribution is 6.10. The summed E-state index contributed by atoms with van der Waals surface area (Å²) in [5.41, 5.74) is 15.2. The molecule has 0 radical (unpaired) electrons. The smallest absolute Gasteiger partial charge is 0.143 e. The summed E-state index contributed by atoms with van der Waals surface area (Å²) in [5.74, 6) is 0. The lowest BCUT2D eigenvalue weighted by molar-refractivity contribution is 0.667. The van der Waals surface area contributed by atoms with Crippen molar-refractivity contribution in [2.75, 3.05) is 4.90 Å². The molecular formula is C54H37NO2. The molecular weight excluding hydrogens is 695 g/mol. The second-order valence-electron chi connectivity index (χ2n) is 14.8. The van der Waals surface area contributed by atoms with E-state index in [1.54, 1.807) is 0 Å². The molecule has 0 spiro atoms. The third-order valence-electron chi connectivity index (χ3n) is 11.4. The van der Waals surface area contributed by atoms with Crippen LogP contribution in [0.5, 0.6) is 0 Å². The first kappa shape index (κ1) is 33.0. The van der Waals surface area contributed by atoms with Crippen molar-refractivity contribution < 1.29 is 8.83 Å². The van der Waals surface area contributed by atoms with Crippen molar-refractivity contribution in [1.29, 1.82) is 0 Å². The van der Waals surface area contributed by atoms with E-state index < -0.39 is 0 Å². The predicted octanol–water partition coefficient (Wildman–Crippen LogP) is 15.0. The number of hydrogen-bond donors (Lipinski definition) is 0. The number of hydrogen-bond acceptors (Lipinski definition) is 3. The molecule has 11 rings (SSSR count). The van der Waals surface area contributed by atoms with Crippen molar-refractivity contribution >= 4 is 60.8 Å². The topological polar surface area (TPSA) is 29.5 Å². The quantitative estimate of drug-likeness (QED) is 0.163. The molecule has 1 aliphatic carbocycles. The molecule has 3 heteroatoms. The number of allylic oxidation sites excluding steroid dienone is 2. The second-order valence-corrected chi connectivity index (χ2v) is 14.8. The monoisotopic (exact) mass is 731 g/mol. The molecule has 0 amide bonds. The molecule has 0 aliphatic heterocycles. The Hall–Kier alpha value is -7.36. The van der Waals surface area contributed by atoms with Gasteiger partial charge in [0.05, 0.1) is 6.04 Å². The summed E-state index contributed by atoms with van der Waals surface area (Å²) in [7, 11) is 0. The van der Waals surface area contributed by atoms with E-state index in [0.717, 1.165) is 78.4 Å². The van der Waals surface area contributed by atoms with E-state index in [4.69, 9.17) is 8.83 Å². The van der Waals surface area contributed by atoms with E-state index in [9.17, 15) is 0 Å². The van der Waals surface area contributed by atoms with Gasteiger partial charge in [-0.1, -0.05) is 170 Å². The highest BCUT2D eigenvalue weighted by Crippen LogP contribution is 2.41. The van der Waals surface area contributed by atoms with Crippen LogP contribution in [0, 0.1) is 0 Å². The number of nitrogens with zero attached hydrogens (tertiary/aromatic N) is 1. The van der Waals surface area contributed by atoms with Crippen LogP contribution in [0.2, 0.25) is 0 Å². The molecule has 270 valence electrons. The molecule has 0 fully saturated rings. The predicted molar refractivity (Wildman–Crippen MR) is 238 cm³/mol. The molecule has 10 aromatic rings. The molecule has 2 heterocycles. The van der Waals surface area contributed by atoms with Crippen LogP contribution in [0.15, 0.2) is 215 Å². The Balaban J connectivity index is 0.971. The Morgan fingerprint density at radius 1 is 0.404 bits per heavy atom. The van der Waals surface area contributed by atoms with Gasteiger partial charge < -0.3 is 13.7 Å². The van der Waals surface area contributed by atoms with E-state index in [1.165, 1.54) is 27.8 Å². The van der Waals surface area contributed by atoms with E-state index in [-0.39, 0.29) is 6.04 Å². The fourth-order valence-electron chi connectivity index (χ4n) is 8.60. The fraction of sp³-hybridized carbons (Fsp3) is 0.0370. The van der Waals surface area contributed by atoms with Crippen LogP contribution < -0.4 is 4.90 Å². The maximum Gasteiger partial charge on any atom is 0.143 e. The molecule has 8 aromatic carbocycles. The number of para-hydroxylation sites is 4. The number of benzene rings is 8. The van der Waals surface area contributed by atoms with E-state index in [0.29, 0.717) is 0 Å². The summed E-state index contributed by atoms with van der Waals surface area (Å²) in [4.78, 5) is 2.47. The SMILES string of the molecule is C1=CC(N(c2ccc(-c3ccc(-c4ccccc4)cc3)cc2)c2cccc(-c3cccc4c3oc3ccccc34)c2)CC=C1c1cccc2c1oc1ccccc12. The molecule has 2 aromatic heterocycles. The summed E-state index contributed by atoms with van der Waals surface area (Å²) in [6.45, 7) is 0. The van der Waals surface area contributed by atoms with Gasteiger partial charge in [-0.15, -0.1) is 0 Å². The minimum absolute atomic E-state index is 0.0804. The van der Waals surface area contributed by atoms with E-state index >= 15 is 0 Å². The molecule has 3 nitrogen and oxygen atoms in total. The molecule has 57 heavy (non-hydrogen) atoms. The largest absolute Gasteiger partial charge is 0.455 e. The van der Waals surface area contributed by atoms with Gasteiger partial charge in [0.15, 0.2) is 0 Å². The van der Waals surface area contributed by atoms with Gasteiger partial charge in [0.1, 0.15) is 22.3 Å². The number of rotatable bonds is 7. The summed E-state index contributed by atoms with van der Waals surface area (Å²) in [5, 5.41) is 4.56. The first-order valence-corrected chi connectivity index (χ1v) is 19.6. The van der Waals surface area contributed by atoms with Crippen molar-refractivity contribution in [1.82, 2.24) is 0 Å². The second kappa shape index (κ2) is 13.7. The highest BCUT2D eigenvalue weighted by Gasteiger charge is 2.23. The van der Waals surface area contributed by atoms with Crippen molar-refractivity contribution in [3.8, 4) is 33.4 Å². The lowest BCUT2D eigenvalue weighted by Gasteiger charge is -2.33. The normalized spacial score (nSPS) is 14.1. The minimum Gasteiger partial charge on any atom is -0.455 e. The molecule has 1 aliphatic rings. The zero-order chi connectivity index (χ0) is 37.7. The zero-order valence-electron chi connectivity index (χ0n) is 31.2. The van der Waals surface area contributed by atoms with Gasteiger partial charge >= 0.3 is 0 Å². The summed E-state index contributed by atoms with van der Waals surface area (Å²) in [6, 6.07) is 66.9. The minimum atomic E-state index is 0.0804. The molecule has 0 N–H and O–H groups in total. The van der Waals surface area contributed by atoms with E-state index in [2.05, 4.69) is 187 Å². The van der Waals surface area contributed by atoms with Crippen molar-refractivity contribution in [3.05, 3.63) is 212 Å². The summed E-state index contributed by atoms with van der Waals surface area (Å²) >= 11 is 0. The number of furan rings is 2. The van der Waals surface area contributed by atoms with Gasteiger partial charge in [0.25, 0.3) is 0 Å². The van der Waals surface area contributed by atoms with Gasteiger partial charge in [0, 0.05) is 44.0 Å². The summed E-state index contributed by atoms with van der Waals surface area (Å²) in [6.07, 6.45) is 7.81. The zero-order valence-corrected chi connectivity index (χ0v) is 31.2.